The first-order chi connectivity index (χ1) is 14.1. The number of anilines is 1. The Morgan fingerprint density at radius 1 is 1.14 bits per heavy atom. The average molecular weight is 396 g/mol. The zero-order valence-electron chi connectivity index (χ0n) is 17.0. The van der Waals surface area contributed by atoms with E-state index in [4.69, 9.17) is 0 Å². The Morgan fingerprint density at radius 2 is 1.86 bits per heavy atom. The summed E-state index contributed by atoms with van der Waals surface area (Å²) in [7, 11) is 4.08. The second-order valence-electron chi connectivity index (χ2n) is 7.35. The van der Waals surface area contributed by atoms with Crippen LogP contribution in [0.2, 0.25) is 0 Å². The number of rotatable bonds is 8. The summed E-state index contributed by atoms with van der Waals surface area (Å²) in [5.41, 5.74) is 1.23. The Morgan fingerprint density at radius 3 is 2.52 bits per heavy atom. The number of benzene rings is 1. The summed E-state index contributed by atoms with van der Waals surface area (Å²) < 4.78 is 0. The van der Waals surface area contributed by atoms with Crippen LogP contribution in [0.1, 0.15) is 16.9 Å². The molecule has 0 radical (unpaired) electrons. The van der Waals surface area contributed by atoms with Gasteiger partial charge in [-0.25, -0.2) is 9.97 Å². The molecule has 2 heterocycles. The van der Waals surface area contributed by atoms with E-state index in [0.29, 0.717) is 43.5 Å². The highest BCUT2D eigenvalue weighted by atomic mass is 16.2. The van der Waals surface area contributed by atoms with Crippen LogP contribution in [0.15, 0.2) is 36.4 Å². The molecule has 0 spiro atoms. The second kappa shape index (κ2) is 9.97. The van der Waals surface area contributed by atoms with E-state index in [1.165, 1.54) is 0 Å². The topological polar surface area (TPSA) is 81.7 Å². The van der Waals surface area contributed by atoms with Crippen molar-refractivity contribution in [3.63, 3.8) is 0 Å². The van der Waals surface area contributed by atoms with Gasteiger partial charge in [0.05, 0.1) is 0 Å². The maximum absolute atomic E-state index is 13.0. The third kappa shape index (κ3) is 5.74. The molecule has 2 aromatic rings. The lowest BCUT2D eigenvalue weighted by atomic mass is 10.2. The van der Waals surface area contributed by atoms with Crippen molar-refractivity contribution in [1.82, 2.24) is 24.7 Å². The van der Waals surface area contributed by atoms with Crippen LogP contribution >= 0.6 is 0 Å². The zero-order chi connectivity index (χ0) is 20.6. The monoisotopic (exact) mass is 396 g/mol. The van der Waals surface area contributed by atoms with E-state index in [9.17, 15) is 9.59 Å². The van der Waals surface area contributed by atoms with Crippen molar-refractivity contribution in [2.75, 3.05) is 58.7 Å². The van der Waals surface area contributed by atoms with Gasteiger partial charge in [0, 0.05) is 44.4 Å². The number of piperazine rings is 1. The number of nitrogens with one attached hydrogen (secondary N) is 1. The van der Waals surface area contributed by atoms with Gasteiger partial charge in [0.1, 0.15) is 11.5 Å². The predicted molar refractivity (Wildman–Crippen MR) is 113 cm³/mol. The normalized spacial score (nSPS) is 14.2. The van der Waals surface area contributed by atoms with Crippen molar-refractivity contribution in [2.45, 2.75) is 6.42 Å². The van der Waals surface area contributed by atoms with Gasteiger partial charge >= 0.3 is 0 Å². The SMILES string of the molecule is CN(C)CCCNc1cc(C(=O)N2CCN(C=O)CC2)nc(-c2ccccc2)n1. The number of hydrogen-bond acceptors (Lipinski definition) is 6. The van der Waals surface area contributed by atoms with Crippen LogP contribution < -0.4 is 5.32 Å². The largest absolute Gasteiger partial charge is 0.370 e. The van der Waals surface area contributed by atoms with Crippen molar-refractivity contribution in [3.05, 3.63) is 42.1 Å². The quantitative estimate of drug-likeness (QED) is 0.537. The third-order valence-corrected chi connectivity index (χ3v) is 4.82. The lowest BCUT2D eigenvalue weighted by Gasteiger charge is -2.32. The first-order valence-electron chi connectivity index (χ1n) is 9.88. The fourth-order valence-electron chi connectivity index (χ4n) is 3.17. The minimum absolute atomic E-state index is 0.133. The van der Waals surface area contributed by atoms with Crippen LogP contribution in [0.3, 0.4) is 0 Å². The van der Waals surface area contributed by atoms with Gasteiger partial charge in [-0.1, -0.05) is 30.3 Å². The number of carbonyl (C=O) groups is 2. The van der Waals surface area contributed by atoms with Gasteiger partial charge < -0.3 is 20.0 Å². The summed E-state index contributed by atoms with van der Waals surface area (Å²) in [5.74, 6) is 1.04. The Labute approximate surface area is 171 Å². The fourth-order valence-corrected chi connectivity index (χ4v) is 3.17. The highest BCUT2D eigenvalue weighted by molar-refractivity contribution is 5.93. The van der Waals surface area contributed by atoms with Gasteiger partial charge in [0.2, 0.25) is 6.41 Å². The fraction of sp³-hybridized carbons (Fsp3) is 0.429. The summed E-state index contributed by atoms with van der Waals surface area (Å²) in [6, 6.07) is 11.4. The van der Waals surface area contributed by atoms with E-state index in [0.717, 1.165) is 31.5 Å². The summed E-state index contributed by atoms with van der Waals surface area (Å²) in [6.07, 6.45) is 1.80. The molecule has 0 saturated carbocycles. The van der Waals surface area contributed by atoms with E-state index in [2.05, 4.69) is 20.2 Å². The molecule has 8 nitrogen and oxygen atoms in total. The van der Waals surface area contributed by atoms with E-state index in [1.807, 2.05) is 44.4 Å². The molecule has 1 N–H and O–H groups in total. The molecule has 0 atom stereocenters. The lowest BCUT2D eigenvalue weighted by molar-refractivity contribution is -0.119. The molecule has 154 valence electrons. The summed E-state index contributed by atoms with van der Waals surface area (Å²) in [6.45, 7) is 3.83. The van der Waals surface area contributed by atoms with Gasteiger partial charge in [0.25, 0.3) is 5.91 Å². The van der Waals surface area contributed by atoms with Crippen molar-refractivity contribution in [1.29, 1.82) is 0 Å². The van der Waals surface area contributed by atoms with Gasteiger partial charge in [-0.15, -0.1) is 0 Å². The molecule has 1 aliphatic heterocycles. The molecular formula is C21H28N6O2. The Bertz CT molecular complexity index is 819. The number of aromatic nitrogens is 2. The van der Waals surface area contributed by atoms with Crippen molar-refractivity contribution >= 4 is 18.1 Å². The smallest absolute Gasteiger partial charge is 0.272 e. The molecule has 1 saturated heterocycles. The van der Waals surface area contributed by atoms with Crippen LogP contribution in [-0.4, -0.2) is 90.3 Å². The van der Waals surface area contributed by atoms with E-state index in [1.54, 1.807) is 15.9 Å². The Hall–Kier alpha value is -3.00. The van der Waals surface area contributed by atoms with E-state index >= 15 is 0 Å². The molecule has 29 heavy (non-hydrogen) atoms. The Balaban J connectivity index is 1.80. The Kier molecular flexibility index (Phi) is 7.13. The molecule has 1 aromatic heterocycles. The maximum atomic E-state index is 13.0. The molecule has 1 fully saturated rings. The van der Waals surface area contributed by atoms with Gasteiger partial charge in [-0.2, -0.15) is 0 Å². The van der Waals surface area contributed by atoms with Crippen LogP contribution in [0.5, 0.6) is 0 Å². The lowest BCUT2D eigenvalue weighted by Crippen LogP contribution is -2.48. The highest BCUT2D eigenvalue weighted by Gasteiger charge is 2.23. The average Bonchev–Trinajstić information content (AvgIpc) is 2.76. The van der Waals surface area contributed by atoms with Crippen molar-refractivity contribution in [2.24, 2.45) is 0 Å². The maximum Gasteiger partial charge on any atom is 0.272 e. The van der Waals surface area contributed by atoms with Gasteiger partial charge in [0.15, 0.2) is 5.82 Å². The number of hydrogen-bond donors (Lipinski definition) is 1. The summed E-state index contributed by atoms with van der Waals surface area (Å²) >= 11 is 0. The second-order valence-corrected chi connectivity index (χ2v) is 7.35. The molecule has 0 bridgehead atoms. The van der Waals surface area contributed by atoms with Crippen LogP contribution in [0.25, 0.3) is 11.4 Å². The van der Waals surface area contributed by atoms with Crippen LogP contribution in [0, 0.1) is 0 Å². The molecule has 2 amide bonds. The number of carbonyl (C=O) groups excluding carboxylic acids is 2. The minimum atomic E-state index is -0.133. The minimum Gasteiger partial charge on any atom is -0.370 e. The van der Waals surface area contributed by atoms with Gasteiger partial charge in [-0.3, -0.25) is 9.59 Å². The van der Waals surface area contributed by atoms with Crippen LogP contribution in [-0.2, 0) is 4.79 Å². The predicted octanol–water partition coefficient (Wildman–Crippen LogP) is 1.42. The van der Waals surface area contributed by atoms with E-state index < -0.39 is 0 Å². The third-order valence-electron chi connectivity index (χ3n) is 4.82. The first kappa shape index (κ1) is 20.7. The molecule has 1 aliphatic rings. The number of amides is 2. The molecular weight excluding hydrogens is 368 g/mol. The molecule has 0 aliphatic carbocycles. The zero-order valence-corrected chi connectivity index (χ0v) is 17.0. The van der Waals surface area contributed by atoms with Crippen molar-refractivity contribution < 1.29 is 9.59 Å². The van der Waals surface area contributed by atoms with Crippen LogP contribution in [0.4, 0.5) is 5.82 Å². The number of nitrogens with zero attached hydrogens (tertiary/aromatic N) is 5. The summed E-state index contributed by atoms with van der Waals surface area (Å²) in [4.78, 5) is 38.7. The highest BCUT2D eigenvalue weighted by Crippen LogP contribution is 2.19. The first-order valence-corrected chi connectivity index (χ1v) is 9.88. The molecule has 3 rings (SSSR count). The summed E-state index contributed by atoms with van der Waals surface area (Å²) in [5, 5.41) is 3.32. The standard InChI is InChI=1S/C21H28N6O2/c1-25(2)10-6-9-22-19-15-18(21(29)27-13-11-26(16-28)12-14-27)23-20(24-19)17-7-4-3-5-8-17/h3-5,7-8,15-16H,6,9-14H2,1-2H3,(H,22,23,24). The molecule has 8 heteroatoms. The van der Waals surface area contributed by atoms with Crippen molar-refractivity contribution in [3.8, 4) is 11.4 Å². The van der Waals surface area contributed by atoms with Gasteiger partial charge in [-0.05, 0) is 27.1 Å². The van der Waals surface area contributed by atoms with E-state index in [-0.39, 0.29) is 5.91 Å². The molecule has 1 aromatic carbocycles. The molecule has 0 unspecified atom stereocenters.